The zero-order chi connectivity index (χ0) is 21.3. The maximum atomic E-state index is 13.2. The Morgan fingerprint density at radius 3 is 2.50 bits per heavy atom. The lowest BCUT2D eigenvalue weighted by atomic mass is 10.0. The summed E-state index contributed by atoms with van der Waals surface area (Å²) in [6, 6.07) is 19.9. The van der Waals surface area contributed by atoms with E-state index in [1.54, 1.807) is 4.90 Å². The first-order valence-electron chi connectivity index (χ1n) is 9.69. The van der Waals surface area contributed by atoms with Gasteiger partial charge in [0, 0.05) is 25.3 Å². The van der Waals surface area contributed by atoms with E-state index in [1.165, 1.54) is 11.8 Å². The fourth-order valence-electron chi connectivity index (χ4n) is 3.43. The molecule has 0 atom stereocenters. The second-order valence-electron chi connectivity index (χ2n) is 7.06. The third-order valence-corrected chi connectivity index (χ3v) is 6.23. The van der Waals surface area contributed by atoms with E-state index in [1.807, 2.05) is 86.6 Å². The smallest absolute Gasteiger partial charge is 0.270 e. The van der Waals surface area contributed by atoms with Crippen LogP contribution in [0.4, 0.5) is 11.4 Å². The maximum Gasteiger partial charge on any atom is 0.270 e. The van der Waals surface area contributed by atoms with Gasteiger partial charge in [-0.2, -0.15) is 0 Å². The Balaban J connectivity index is 1.74. The summed E-state index contributed by atoms with van der Waals surface area (Å²) in [5, 5.41) is 2.14. The molecule has 1 aliphatic rings. The molecule has 3 aromatic rings. The molecule has 1 fully saturated rings. The summed E-state index contributed by atoms with van der Waals surface area (Å²) in [6.07, 6.45) is 1.90. The van der Waals surface area contributed by atoms with Crippen molar-refractivity contribution in [2.75, 3.05) is 30.5 Å². The molecule has 0 bridgehead atoms. The first-order valence-corrected chi connectivity index (χ1v) is 10.9. The minimum atomic E-state index is -0.113. The van der Waals surface area contributed by atoms with Crippen LogP contribution >= 0.6 is 24.0 Å². The lowest BCUT2D eigenvalue weighted by Gasteiger charge is -2.17. The van der Waals surface area contributed by atoms with Gasteiger partial charge >= 0.3 is 0 Å². The van der Waals surface area contributed by atoms with Crippen LogP contribution in [-0.2, 0) is 4.79 Å². The number of carbonyl (C=O) groups excluding carboxylic acids is 1. The number of hydrogen-bond donors (Lipinski definition) is 0. The number of hydrogen-bond acceptors (Lipinski definition) is 5. The summed E-state index contributed by atoms with van der Waals surface area (Å²) < 4.78 is 6.38. The van der Waals surface area contributed by atoms with Crippen LogP contribution in [0.5, 0.6) is 5.75 Å². The molecule has 4 rings (SSSR count). The van der Waals surface area contributed by atoms with Crippen LogP contribution in [0.3, 0.4) is 0 Å². The topological polar surface area (TPSA) is 32.8 Å². The molecular weight excluding hydrogens is 412 g/mol. The highest BCUT2D eigenvalue weighted by atomic mass is 32.2. The van der Waals surface area contributed by atoms with Gasteiger partial charge in [-0.15, -0.1) is 0 Å². The zero-order valence-corrected chi connectivity index (χ0v) is 18.7. The van der Waals surface area contributed by atoms with E-state index in [-0.39, 0.29) is 5.91 Å². The maximum absolute atomic E-state index is 13.2. The average Bonchev–Trinajstić information content (AvgIpc) is 3.03. The number of ether oxygens (including phenoxy) is 1. The van der Waals surface area contributed by atoms with Gasteiger partial charge in [0.25, 0.3) is 5.91 Å². The van der Waals surface area contributed by atoms with E-state index in [9.17, 15) is 4.79 Å². The van der Waals surface area contributed by atoms with Gasteiger partial charge in [0.15, 0.2) is 4.32 Å². The molecule has 0 unspecified atom stereocenters. The Labute approximate surface area is 186 Å². The summed E-state index contributed by atoms with van der Waals surface area (Å²) in [4.78, 5) is 17.4. The highest BCUT2D eigenvalue weighted by molar-refractivity contribution is 8.27. The molecule has 0 spiro atoms. The fraction of sp³-hybridized carbons (Fsp3) is 0.167. The largest absolute Gasteiger partial charge is 0.493 e. The molecule has 3 aromatic carbocycles. The minimum Gasteiger partial charge on any atom is -0.493 e. The second kappa shape index (κ2) is 8.50. The van der Waals surface area contributed by atoms with Gasteiger partial charge in [-0.1, -0.05) is 54.3 Å². The average molecular weight is 435 g/mol. The number of anilines is 2. The summed E-state index contributed by atoms with van der Waals surface area (Å²) in [6.45, 7) is 2.51. The lowest BCUT2D eigenvalue weighted by Crippen LogP contribution is -2.27. The zero-order valence-electron chi connectivity index (χ0n) is 17.1. The van der Waals surface area contributed by atoms with Gasteiger partial charge < -0.3 is 9.64 Å². The molecule has 1 amide bonds. The molecule has 30 heavy (non-hydrogen) atoms. The van der Waals surface area contributed by atoms with E-state index in [0.717, 1.165) is 33.5 Å². The number of amides is 1. The molecule has 1 heterocycles. The monoisotopic (exact) mass is 434 g/mol. The molecule has 6 heteroatoms. The van der Waals surface area contributed by atoms with E-state index in [2.05, 4.69) is 6.07 Å². The van der Waals surface area contributed by atoms with Gasteiger partial charge in [0.1, 0.15) is 5.75 Å². The lowest BCUT2D eigenvalue weighted by molar-refractivity contribution is -0.113. The Hall–Kier alpha value is -2.83. The van der Waals surface area contributed by atoms with Crippen molar-refractivity contribution in [3.8, 4) is 5.75 Å². The third kappa shape index (κ3) is 3.80. The number of fused-ring (bicyclic) bond motifs is 1. The summed E-state index contributed by atoms with van der Waals surface area (Å²) in [5.74, 6) is 0.648. The summed E-state index contributed by atoms with van der Waals surface area (Å²) in [7, 11) is 3.97. The van der Waals surface area contributed by atoms with Crippen LogP contribution in [0.15, 0.2) is 65.6 Å². The summed E-state index contributed by atoms with van der Waals surface area (Å²) in [5.41, 5.74) is 2.74. The highest BCUT2D eigenvalue weighted by Gasteiger charge is 2.33. The predicted octanol–water partition coefficient (Wildman–Crippen LogP) is 5.71. The number of nitrogens with zero attached hydrogens (tertiary/aromatic N) is 2. The molecule has 1 aliphatic heterocycles. The van der Waals surface area contributed by atoms with Crippen LogP contribution in [0, 0.1) is 0 Å². The van der Waals surface area contributed by atoms with Gasteiger partial charge in [-0.25, -0.2) is 0 Å². The van der Waals surface area contributed by atoms with Crippen molar-refractivity contribution in [3.05, 3.63) is 71.1 Å². The van der Waals surface area contributed by atoms with Gasteiger partial charge in [0.05, 0.1) is 17.2 Å². The van der Waals surface area contributed by atoms with Crippen molar-refractivity contribution in [1.82, 2.24) is 0 Å². The first-order chi connectivity index (χ1) is 14.5. The SMILES string of the molecule is CCOc1ccc2ccccc2c1/C=C1/SC(=S)N(c2ccc(N(C)C)cc2)C1=O. The molecule has 0 radical (unpaired) electrons. The van der Waals surface area contributed by atoms with Crippen molar-refractivity contribution in [2.24, 2.45) is 0 Å². The van der Waals surface area contributed by atoms with E-state index in [0.29, 0.717) is 15.8 Å². The minimum absolute atomic E-state index is 0.113. The molecule has 0 aromatic heterocycles. The number of benzene rings is 3. The number of rotatable bonds is 5. The molecule has 152 valence electrons. The first kappa shape index (κ1) is 20.4. The standard InChI is InChI=1S/C24H22N2O2S2/c1-4-28-21-14-9-16-7-5-6-8-19(16)20(21)15-22-23(27)26(24(29)30-22)18-12-10-17(11-13-18)25(2)3/h5-15H,4H2,1-3H3/b22-15+. The van der Waals surface area contributed by atoms with Crippen molar-refractivity contribution >= 4 is 62.4 Å². The highest BCUT2D eigenvalue weighted by Crippen LogP contribution is 2.39. The van der Waals surface area contributed by atoms with E-state index >= 15 is 0 Å². The second-order valence-corrected chi connectivity index (χ2v) is 8.74. The predicted molar refractivity (Wildman–Crippen MR) is 132 cm³/mol. The quantitative estimate of drug-likeness (QED) is 0.379. The number of thiocarbonyl (C=S) groups is 1. The summed E-state index contributed by atoms with van der Waals surface area (Å²) >= 11 is 6.86. The molecule has 0 N–H and O–H groups in total. The number of carbonyl (C=O) groups is 1. The Bertz CT molecular complexity index is 1150. The van der Waals surface area contributed by atoms with E-state index in [4.69, 9.17) is 17.0 Å². The fourth-order valence-corrected chi connectivity index (χ4v) is 4.71. The molecule has 0 saturated carbocycles. The molecule has 1 saturated heterocycles. The molecule has 4 nitrogen and oxygen atoms in total. The van der Waals surface area contributed by atoms with Crippen LogP contribution in [0.1, 0.15) is 12.5 Å². The van der Waals surface area contributed by atoms with Crippen LogP contribution in [0.25, 0.3) is 16.8 Å². The Morgan fingerprint density at radius 2 is 1.80 bits per heavy atom. The van der Waals surface area contributed by atoms with Crippen molar-refractivity contribution < 1.29 is 9.53 Å². The van der Waals surface area contributed by atoms with Gasteiger partial charge in [0.2, 0.25) is 0 Å². The number of thioether (sulfide) groups is 1. The Morgan fingerprint density at radius 1 is 1.07 bits per heavy atom. The van der Waals surface area contributed by atoms with E-state index < -0.39 is 0 Å². The van der Waals surface area contributed by atoms with Crippen LogP contribution < -0.4 is 14.5 Å². The van der Waals surface area contributed by atoms with Crippen molar-refractivity contribution in [2.45, 2.75) is 6.92 Å². The third-order valence-electron chi connectivity index (χ3n) is 4.92. The van der Waals surface area contributed by atoms with Crippen LogP contribution in [0.2, 0.25) is 0 Å². The molecular formula is C24H22N2O2S2. The van der Waals surface area contributed by atoms with Crippen molar-refractivity contribution in [3.63, 3.8) is 0 Å². The van der Waals surface area contributed by atoms with Gasteiger partial charge in [-0.3, -0.25) is 9.69 Å². The molecule has 0 aliphatic carbocycles. The van der Waals surface area contributed by atoms with Crippen molar-refractivity contribution in [1.29, 1.82) is 0 Å². The van der Waals surface area contributed by atoms with Gasteiger partial charge in [-0.05, 0) is 54.1 Å². The Kier molecular flexibility index (Phi) is 5.79. The normalized spacial score (nSPS) is 15.3. The van der Waals surface area contributed by atoms with Crippen LogP contribution in [-0.4, -0.2) is 30.9 Å².